The Morgan fingerprint density at radius 2 is 0.562 bits per heavy atom. The SMILES string of the molecule is Brc1ccc2c(oc3c(-c4ccc(-c5ccccc5)cc4)cccc32)c1-c1cc(N(c2ccccc2)c2ccc3ccccc3c2)cc2oc3c(-c4ccccc4)cccc3c12.Brc1ccc2c(oc3c(-c4ccc(-c5ccccc5)cc4)cccc32)c1I.OB(O)c1cc(N(c2ccccc2)c2ccc3ccccc3c2)cc2oc3c(-c4ccccc4)cccc3c12. The lowest BCUT2D eigenvalue weighted by molar-refractivity contribution is 0.426. The molecule has 0 atom stereocenters. The van der Waals surface area contributed by atoms with Gasteiger partial charge in [0.1, 0.15) is 44.7 Å². The number of anilines is 6. The first-order valence-corrected chi connectivity index (χ1v) is 45.1. The van der Waals surface area contributed by atoms with E-state index in [4.69, 9.17) is 17.7 Å². The van der Waals surface area contributed by atoms with E-state index in [1.807, 2.05) is 115 Å². The Labute approximate surface area is 768 Å². The minimum Gasteiger partial charge on any atom is -0.455 e. The molecule has 0 spiro atoms. The molecule has 4 heterocycles. The van der Waals surface area contributed by atoms with Gasteiger partial charge in [-0.05, 0) is 195 Å². The molecule has 12 heteroatoms. The van der Waals surface area contributed by atoms with Crippen molar-refractivity contribution in [3.05, 3.63) is 449 Å². The molecule has 24 rings (SSSR count). The van der Waals surface area contributed by atoms with Gasteiger partial charge in [0.15, 0.2) is 0 Å². The third-order valence-corrected chi connectivity index (χ3v) is 27.4. The van der Waals surface area contributed by atoms with Gasteiger partial charge in [0.25, 0.3) is 0 Å². The Balaban J connectivity index is 0.000000124. The monoisotopic (exact) mass is 1890 g/mol. The molecule has 0 aliphatic carbocycles. The number of para-hydroxylation sites is 6. The number of halogens is 3. The smallest absolute Gasteiger partial charge is 0.455 e. The summed E-state index contributed by atoms with van der Waals surface area (Å²) in [6.07, 6.45) is 0. The van der Waals surface area contributed by atoms with Gasteiger partial charge < -0.3 is 37.5 Å². The average molecular weight is 1890 g/mol. The molecular weight excluding hydrogens is 1810 g/mol. The highest BCUT2D eigenvalue weighted by Crippen LogP contribution is 2.52. The Morgan fingerprint density at radius 3 is 1.02 bits per heavy atom. The molecule has 0 aliphatic heterocycles. The van der Waals surface area contributed by atoms with E-state index in [2.05, 4.69) is 386 Å². The Hall–Kier alpha value is -14.6. The quantitative estimate of drug-likeness (QED) is 0.0821. The maximum Gasteiger partial charge on any atom is 0.489 e. The Bertz CT molecular complexity index is 8320. The van der Waals surface area contributed by atoms with Crippen molar-refractivity contribution in [3.63, 3.8) is 0 Å². The molecular formula is C116H74BBr2IN2O6. The van der Waals surface area contributed by atoms with Crippen molar-refractivity contribution in [1.29, 1.82) is 0 Å². The molecule has 0 bridgehead atoms. The number of hydrogen-bond donors (Lipinski definition) is 2. The van der Waals surface area contributed by atoms with Crippen molar-refractivity contribution in [2.75, 3.05) is 9.80 Å². The molecule has 24 aromatic rings. The van der Waals surface area contributed by atoms with Gasteiger partial charge in [-0.1, -0.05) is 356 Å². The fraction of sp³-hybridized carbons (Fsp3) is 0. The van der Waals surface area contributed by atoms with Gasteiger partial charge in [0, 0.05) is 126 Å². The van der Waals surface area contributed by atoms with Crippen molar-refractivity contribution in [2.45, 2.75) is 0 Å². The van der Waals surface area contributed by atoms with Gasteiger partial charge in [-0.15, -0.1) is 0 Å². The van der Waals surface area contributed by atoms with Crippen molar-refractivity contribution in [3.8, 4) is 77.9 Å². The zero-order valence-corrected chi connectivity index (χ0v) is 74.0. The van der Waals surface area contributed by atoms with Crippen molar-refractivity contribution >= 4 is 210 Å². The third kappa shape index (κ3) is 14.7. The second-order valence-electron chi connectivity index (χ2n) is 31.8. The highest BCUT2D eigenvalue weighted by atomic mass is 127. The van der Waals surface area contributed by atoms with Crippen LogP contribution in [0.15, 0.2) is 463 Å². The van der Waals surface area contributed by atoms with Crippen LogP contribution in [0, 0.1) is 3.57 Å². The second kappa shape index (κ2) is 34.0. The summed E-state index contributed by atoms with van der Waals surface area (Å²) in [7, 11) is -1.68. The molecule has 608 valence electrons. The van der Waals surface area contributed by atoms with Crippen LogP contribution in [0.3, 0.4) is 0 Å². The van der Waals surface area contributed by atoms with E-state index in [-0.39, 0.29) is 0 Å². The van der Waals surface area contributed by atoms with Crippen LogP contribution < -0.4 is 15.3 Å². The number of fused-ring (bicyclic) bond motifs is 14. The summed E-state index contributed by atoms with van der Waals surface area (Å²) >= 11 is 10.0. The number of furan rings is 4. The molecule has 2 N–H and O–H groups in total. The average Bonchev–Trinajstić information content (AvgIpc) is 1.31. The predicted molar refractivity (Wildman–Crippen MR) is 549 cm³/mol. The van der Waals surface area contributed by atoms with Crippen LogP contribution in [0.4, 0.5) is 34.1 Å². The van der Waals surface area contributed by atoms with Crippen molar-refractivity contribution < 1.29 is 27.7 Å². The lowest BCUT2D eigenvalue weighted by Crippen LogP contribution is -2.31. The van der Waals surface area contributed by atoms with E-state index in [1.165, 1.54) is 33.0 Å². The maximum absolute atomic E-state index is 10.6. The van der Waals surface area contributed by atoms with E-state index in [0.717, 1.165) is 190 Å². The number of benzene rings is 20. The highest BCUT2D eigenvalue weighted by Gasteiger charge is 2.29. The van der Waals surface area contributed by atoms with Gasteiger partial charge in [-0.25, -0.2) is 0 Å². The van der Waals surface area contributed by atoms with Gasteiger partial charge in [0.05, 0.1) is 9.26 Å². The molecule has 0 radical (unpaired) electrons. The van der Waals surface area contributed by atoms with E-state index < -0.39 is 7.12 Å². The van der Waals surface area contributed by atoms with E-state index in [9.17, 15) is 10.0 Å². The van der Waals surface area contributed by atoms with Crippen molar-refractivity contribution in [1.82, 2.24) is 0 Å². The fourth-order valence-corrected chi connectivity index (χ4v) is 19.6. The molecule has 0 unspecified atom stereocenters. The van der Waals surface area contributed by atoms with Gasteiger partial charge in [-0.2, -0.15) is 0 Å². The largest absolute Gasteiger partial charge is 0.489 e. The first-order valence-electron chi connectivity index (χ1n) is 42.4. The third-order valence-electron chi connectivity index (χ3n) is 24.2. The highest BCUT2D eigenvalue weighted by molar-refractivity contribution is 14.1. The Kier molecular flexibility index (Phi) is 21.1. The number of nitrogens with zero attached hydrogens (tertiary/aromatic N) is 2. The van der Waals surface area contributed by atoms with Gasteiger partial charge in [-0.3, -0.25) is 0 Å². The summed E-state index contributed by atoms with van der Waals surface area (Å²) in [6.45, 7) is 0. The lowest BCUT2D eigenvalue weighted by Gasteiger charge is -2.26. The first kappa shape index (κ1) is 79.3. The molecule has 0 fully saturated rings. The van der Waals surface area contributed by atoms with Crippen molar-refractivity contribution in [2.24, 2.45) is 0 Å². The van der Waals surface area contributed by atoms with E-state index in [0.29, 0.717) is 16.4 Å². The zero-order valence-electron chi connectivity index (χ0n) is 68.7. The van der Waals surface area contributed by atoms with Crippen LogP contribution >= 0.6 is 54.5 Å². The standard InChI is InChI=1S/C58H36BrNO2.C34H24BNO3.C24H14BrIO/c59-52-33-32-49-48-24-12-22-47(41-28-26-39(27-29-41)37-14-4-1-5-15-37)56(48)62-58(49)55(52)51-35-45(36-53-54(51)50-25-13-23-46(57(50)61-53)40-17-6-2-7-18-40)60(43-20-8-3-9-21-43)44-31-30-38-16-10-11-19-42(38)34-44;37-35(38)31-21-28(22-32-33(31)30-17-9-16-29(34(30)39-32)24-11-3-1-4-12-24)36(26-14-5-2-6-15-26)27-19-18-23-10-7-8-13-25(23)20-27;25-21-14-13-20-19-8-4-7-18(23(19)27-24(20)22(21)26)17-11-9-16(10-12-17)15-5-2-1-3-6-15/h1-36H;1-22,37-38H;1-14H. The molecule has 0 amide bonds. The number of rotatable bonds is 14. The summed E-state index contributed by atoms with van der Waals surface area (Å²) in [6, 6.07) is 152. The van der Waals surface area contributed by atoms with Crippen LogP contribution in [0.25, 0.3) is 187 Å². The molecule has 128 heavy (non-hydrogen) atoms. The predicted octanol–water partition coefficient (Wildman–Crippen LogP) is 33.4. The Morgan fingerprint density at radius 1 is 0.227 bits per heavy atom. The molecule has 0 saturated carbocycles. The van der Waals surface area contributed by atoms with Crippen LogP contribution in [0.2, 0.25) is 0 Å². The molecule has 0 aliphatic rings. The molecule has 8 nitrogen and oxygen atoms in total. The van der Waals surface area contributed by atoms with Crippen LogP contribution in [-0.4, -0.2) is 17.2 Å². The van der Waals surface area contributed by atoms with Crippen LogP contribution in [0.5, 0.6) is 0 Å². The summed E-state index contributed by atoms with van der Waals surface area (Å²) in [5.41, 5.74) is 28.0. The normalized spacial score (nSPS) is 11.5. The first-order chi connectivity index (χ1) is 63.0. The molecule has 0 saturated heterocycles. The number of hydrogen-bond acceptors (Lipinski definition) is 8. The van der Waals surface area contributed by atoms with Crippen LogP contribution in [-0.2, 0) is 0 Å². The second-order valence-corrected chi connectivity index (χ2v) is 34.6. The summed E-state index contributed by atoms with van der Waals surface area (Å²) < 4.78 is 30.2. The lowest BCUT2D eigenvalue weighted by atomic mass is 9.77. The zero-order chi connectivity index (χ0) is 85.9. The summed E-state index contributed by atoms with van der Waals surface area (Å²) in [5.74, 6) is 0. The van der Waals surface area contributed by atoms with Gasteiger partial charge in [0.2, 0.25) is 0 Å². The molecule has 4 aromatic heterocycles. The van der Waals surface area contributed by atoms with Crippen LogP contribution in [0.1, 0.15) is 0 Å². The summed E-state index contributed by atoms with van der Waals surface area (Å²) in [5, 5.41) is 33.8. The van der Waals surface area contributed by atoms with E-state index >= 15 is 0 Å². The minimum absolute atomic E-state index is 0.396. The minimum atomic E-state index is -1.68. The molecule has 20 aromatic carbocycles. The van der Waals surface area contributed by atoms with E-state index in [1.54, 1.807) is 0 Å². The summed E-state index contributed by atoms with van der Waals surface area (Å²) in [4.78, 5) is 4.44. The fourth-order valence-electron chi connectivity index (χ4n) is 18.2. The topological polar surface area (TPSA) is 99.5 Å². The van der Waals surface area contributed by atoms with Gasteiger partial charge >= 0.3 is 7.12 Å². The maximum atomic E-state index is 10.6.